The Bertz CT molecular complexity index is 829. The van der Waals surface area contributed by atoms with Crippen molar-refractivity contribution in [2.75, 3.05) is 12.3 Å². The van der Waals surface area contributed by atoms with Gasteiger partial charge in [0, 0.05) is 12.7 Å². The zero-order chi connectivity index (χ0) is 16.4. The van der Waals surface area contributed by atoms with Crippen LogP contribution in [0.4, 0.5) is 4.79 Å². The quantitative estimate of drug-likeness (QED) is 0.873. The molecule has 8 heteroatoms. The Kier molecular flexibility index (Phi) is 4.08. The van der Waals surface area contributed by atoms with E-state index in [0.717, 1.165) is 5.56 Å². The van der Waals surface area contributed by atoms with E-state index >= 15 is 0 Å². The van der Waals surface area contributed by atoms with Crippen molar-refractivity contribution in [1.29, 1.82) is 0 Å². The summed E-state index contributed by atoms with van der Waals surface area (Å²) in [5.41, 5.74) is 1.70. The number of hydrogen-bond donors (Lipinski definition) is 2. The molecule has 0 aliphatic carbocycles. The van der Waals surface area contributed by atoms with Crippen LogP contribution < -0.4 is 10.6 Å². The second-order valence-electron chi connectivity index (χ2n) is 5.55. The van der Waals surface area contributed by atoms with Crippen molar-refractivity contribution < 1.29 is 13.2 Å². The summed E-state index contributed by atoms with van der Waals surface area (Å²) in [5.74, 6) is -0.0991. The fraction of sp³-hybridized carbons (Fsp3) is 0.333. The van der Waals surface area contributed by atoms with E-state index in [1.807, 2.05) is 13.1 Å². The zero-order valence-electron chi connectivity index (χ0n) is 12.7. The van der Waals surface area contributed by atoms with Gasteiger partial charge in [-0.2, -0.15) is 5.10 Å². The number of benzene rings is 1. The summed E-state index contributed by atoms with van der Waals surface area (Å²) in [7, 11) is -3.32. The van der Waals surface area contributed by atoms with Crippen LogP contribution in [0.5, 0.6) is 0 Å². The van der Waals surface area contributed by atoms with Crippen molar-refractivity contribution in [3.63, 3.8) is 0 Å². The van der Waals surface area contributed by atoms with Crippen LogP contribution in [0.15, 0.2) is 41.6 Å². The number of aromatic nitrogens is 2. The first-order valence-electron chi connectivity index (χ1n) is 7.31. The topological polar surface area (TPSA) is 93.1 Å². The highest BCUT2D eigenvalue weighted by Gasteiger charge is 2.35. The first kappa shape index (κ1) is 15.5. The van der Waals surface area contributed by atoms with Crippen molar-refractivity contribution >= 4 is 15.9 Å². The lowest BCUT2D eigenvalue weighted by Gasteiger charge is -2.13. The molecule has 122 valence electrons. The van der Waals surface area contributed by atoms with Crippen molar-refractivity contribution in [2.24, 2.45) is 0 Å². The van der Waals surface area contributed by atoms with Crippen LogP contribution in [0.1, 0.15) is 17.2 Å². The number of nitrogens with one attached hydrogen (secondary N) is 2. The van der Waals surface area contributed by atoms with Crippen molar-refractivity contribution in [3.8, 4) is 0 Å². The van der Waals surface area contributed by atoms with Crippen molar-refractivity contribution in [2.45, 2.75) is 24.4 Å². The molecule has 0 unspecified atom stereocenters. The average molecular weight is 334 g/mol. The fourth-order valence-corrected chi connectivity index (χ4v) is 4.39. The van der Waals surface area contributed by atoms with Crippen molar-refractivity contribution in [1.82, 2.24) is 20.4 Å². The van der Waals surface area contributed by atoms with Crippen LogP contribution in [-0.4, -0.2) is 36.5 Å². The number of carbonyl (C=O) groups is 1. The molecule has 2 heterocycles. The molecule has 2 N–H and O–H groups in total. The number of sulfone groups is 1. The van der Waals surface area contributed by atoms with Crippen LogP contribution in [-0.2, 0) is 16.4 Å². The Balaban J connectivity index is 1.57. The number of hydrogen-bond acceptors (Lipinski definition) is 4. The second kappa shape index (κ2) is 6.04. The first-order valence-corrected chi connectivity index (χ1v) is 8.96. The lowest BCUT2D eigenvalue weighted by molar-refractivity contribution is 0.237. The lowest BCUT2D eigenvalue weighted by Crippen LogP contribution is -2.39. The Morgan fingerprint density at radius 1 is 1.39 bits per heavy atom. The Morgan fingerprint density at radius 3 is 2.91 bits per heavy atom. The highest BCUT2D eigenvalue weighted by atomic mass is 32.2. The lowest BCUT2D eigenvalue weighted by atomic mass is 10.1. The van der Waals surface area contributed by atoms with Gasteiger partial charge in [0.1, 0.15) is 0 Å². The number of aryl methyl sites for hydroxylation is 1. The average Bonchev–Trinajstić information content (AvgIpc) is 3.02. The van der Waals surface area contributed by atoms with Gasteiger partial charge in [-0.15, -0.1) is 0 Å². The predicted octanol–water partition coefficient (Wildman–Crippen LogP) is 1.02. The number of urea groups is 1. The minimum Gasteiger partial charge on any atom is -0.336 e. The monoisotopic (exact) mass is 334 g/mol. The molecule has 1 aliphatic heterocycles. The maximum Gasteiger partial charge on any atom is 0.315 e. The van der Waals surface area contributed by atoms with Gasteiger partial charge in [0.05, 0.1) is 29.4 Å². The predicted molar refractivity (Wildman–Crippen MR) is 84.7 cm³/mol. The summed E-state index contributed by atoms with van der Waals surface area (Å²) in [4.78, 5) is 12.3. The van der Waals surface area contributed by atoms with Gasteiger partial charge >= 0.3 is 6.03 Å². The number of amides is 2. The molecule has 7 nitrogen and oxygen atoms in total. The van der Waals surface area contributed by atoms with E-state index in [-0.39, 0.29) is 11.8 Å². The molecule has 0 saturated heterocycles. The standard InChI is InChI=1S/C15H18N4O3S/c1-11-8-17-19(9-11)7-6-16-15(20)18-13-10-23(21,22)14-5-3-2-4-12(13)14/h2-5,8-9,13H,6-7,10H2,1H3,(H2,16,18,20)/t13-/m0/s1. The fourth-order valence-electron chi connectivity index (χ4n) is 2.65. The molecule has 0 fully saturated rings. The molecular formula is C15H18N4O3S. The number of carbonyl (C=O) groups excluding carboxylic acids is 1. The van der Waals surface area contributed by atoms with E-state index in [0.29, 0.717) is 23.5 Å². The van der Waals surface area contributed by atoms with Gasteiger partial charge in [-0.05, 0) is 24.1 Å². The third-order valence-electron chi connectivity index (χ3n) is 3.71. The SMILES string of the molecule is Cc1cnn(CCNC(=O)N[C@H]2CS(=O)(=O)c3ccccc32)c1. The van der Waals surface area contributed by atoms with Gasteiger partial charge in [-0.1, -0.05) is 18.2 Å². The molecule has 0 saturated carbocycles. The molecule has 3 rings (SSSR count). The number of fused-ring (bicyclic) bond motifs is 1. The second-order valence-corrected chi connectivity index (χ2v) is 7.56. The molecule has 1 aromatic heterocycles. The highest BCUT2D eigenvalue weighted by Crippen LogP contribution is 2.32. The summed E-state index contributed by atoms with van der Waals surface area (Å²) in [6.45, 7) is 2.91. The zero-order valence-corrected chi connectivity index (χ0v) is 13.5. The molecule has 1 aliphatic rings. The molecule has 1 atom stereocenters. The highest BCUT2D eigenvalue weighted by molar-refractivity contribution is 7.91. The minimum atomic E-state index is -3.32. The molecule has 0 bridgehead atoms. The number of rotatable bonds is 4. The van der Waals surface area contributed by atoms with E-state index in [1.54, 1.807) is 35.1 Å². The largest absolute Gasteiger partial charge is 0.336 e. The smallest absolute Gasteiger partial charge is 0.315 e. The van der Waals surface area contributed by atoms with Gasteiger partial charge in [0.25, 0.3) is 0 Å². The Morgan fingerprint density at radius 2 is 2.17 bits per heavy atom. The molecule has 0 spiro atoms. The van der Waals surface area contributed by atoms with E-state index < -0.39 is 15.9 Å². The molecule has 23 heavy (non-hydrogen) atoms. The molecular weight excluding hydrogens is 316 g/mol. The summed E-state index contributed by atoms with van der Waals surface area (Å²) in [6, 6.07) is 5.87. The molecule has 1 aromatic carbocycles. The van der Waals surface area contributed by atoms with E-state index in [1.165, 1.54) is 0 Å². The van der Waals surface area contributed by atoms with Crippen LogP contribution in [0, 0.1) is 6.92 Å². The van der Waals surface area contributed by atoms with E-state index in [2.05, 4.69) is 15.7 Å². The third kappa shape index (κ3) is 3.37. The first-order chi connectivity index (χ1) is 11.0. The molecule has 2 aromatic rings. The minimum absolute atomic E-state index is 0.0991. The van der Waals surface area contributed by atoms with Gasteiger partial charge < -0.3 is 10.6 Å². The van der Waals surface area contributed by atoms with Gasteiger partial charge in [0.15, 0.2) is 9.84 Å². The molecule has 0 radical (unpaired) electrons. The third-order valence-corrected chi connectivity index (χ3v) is 5.52. The maximum atomic E-state index is 12.1. The van der Waals surface area contributed by atoms with Gasteiger partial charge in [-0.3, -0.25) is 4.68 Å². The van der Waals surface area contributed by atoms with Crippen LogP contribution in [0.3, 0.4) is 0 Å². The van der Waals surface area contributed by atoms with E-state index in [4.69, 9.17) is 0 Å². The Labute approximate surface area is 134 Å². The molecule has 2 amide bonds. The maximum absolute atomic E-state index is 12.1. The van der Waals surface area contributed by atoms with Gasteiger partial charge in [-0.25, -0.2) is 13.2 Å². The van der Waals surface area contributed by atoms with E-state index in [9.17, 15) is 13.2 Å². The number of nitrogens with zero attached hydrogens (tertiary/aromatic N) is 2. The summed E-state index contributed by atoms with van der Waals surface area (Å²) in [6.07, 6.45) is 3.64. The summed E-state index contributed by atoms with van der Waals surface area (Å²) in [5, 5.41) is 9.57. The van der Waals surface area contributed by atoms with Gasteiger partial charge in [0.2, 0.25) is 0 Å². The summed E-state index contributed by atoms with van der Waals surface area (Å²) < 4.78 is 25.9. The Hall–Kier alpha value is -2.35. The normalized spacial score (nSPS) is 18.4. The van der Waals surface area contributed by atoms with Crippen LogP contribution in [0.25, 0.3) is 0 Å². The van der Waals surface area contributed by atoms with Crippen LogP contribution >= 0.6 is 0 Å². The van der Waals surface area contributed by atoms with Crippen LogP contribution in [0.2, 0.25) is 0 Å². The summed E-state index contributed by atoms with van der Waals surface area (Å²) >= 11 is 0. The van der Waals surface area contributed by atoms with Crippen molar-refractivity contribution in [3.05, 3.63) is 47.8 Å².